The highest BCUT2D eigenvalue weighted by Crippen LogP contribution is 2.32. The lowest BCUT2D eigenvalue weighted by molar-refractivity contribution is 0.464. The van der Waals surface area contributed by atoms with E-state index in [0.29, 0.717) is 6.04 Å². The first kappa shape index (κ1) is 16.1. The number of aryl methyl sites for hydroxylation is 1. The van der Waals surface area contributed by atoms with E-state index in [1.807, 2.05) is 24.3 Å². The number of para-hydroxylation sites is 2. The summed E-state index contributed by atoms with van der Waals surface area (Å²) in [5.41, 5.74) is 5.98. The molecule has 1 aromatic heterocycles. The summed E-state index contributed by atoms with van der Waals surface area (Å²) in [6.07, 6.45) is 3.17. The molecular weight excluding hydrogens is 332 g/mol. The molecule has 0 saturated carbocycles. The Kier molecular flexibility index (Phi) is 4.13. The summed E-state index contributed by atoms with van der Waals surface area (Å²) in [4.78, 5) is 7.13. The van der Waals surface area contributed by atoms with Crippen molar-refractivity contribution >= 4 is 17.1 Å². The SMILES string of the molecule is c1ccc(CCC2Cc3ccccc3CN2c2nc3ccccc3o2)cc1. The van der Waals surface area contributed by atoms with Gasteiger partial charge in [-0.05, 0) is 48.1 Å². The molecule has 27 heavy (non-hydrogen) atoms. The summed E-state index contributed by atoms with van der Waals surface area (Å²) in [6.45, 7) is 0.850. The average molecular weight is 354 g/mol. The van der Waals surface area contributed by atoms with Crippen LogP contribution in [-0.4, -0.2) is 11.0 Å². The van der Waals surface area contributed by atoms with Crippen LogP contribution >= 0.6 is 0 Å². The highest BCUT2D eigenvalue weighted by atomic mass is 16.4. The number of fused-ring (bicyclic) bond motifs is 2. The van der Waals surface area contributed by atoms with Gasteiger partial charge in [-0.1, -0.05) is 66.7 Å². The van der Waals surface area contributed by atoms with Gasteiger partial charge >= 0.3 is 0 Å². The number of oxazole rings is 1. The van der Waals surface area contributed by atoms with Crippen LogP contribution in [0, 0.1) is 0 Å². The number of aromatic nitrogens is 1. The van der Waals surface area contributed by atoms with Crippen LogP contribution < -0.4 is 4.90 Å². The Labute approximate surface area is 159 Å². The molecule has 0 saturated heterocycles. The van der Waals surface area contributed by atoms with E-state index in [-0.39, 0.29) is 0 Å². The van der Waals surface area contributed by atoms with Gasteiger partial charge in [0.1, 0.15) is 5.52 Å². The predicted molar refractivity (Wildman–Crippen MR) is 109 cm³/mol. The summed E-state index contributed by atoms with van der Waals surface area (Å²) in [5.74, 6) is 0. The summed E-state index contributed by atoms with van der Waals surface area (Å²) < 4.78 is 6.12. The molecule has 0 aliphatic carbocycles. The number of rotatable bonds is 4. The Morgan fingerprint density at radius 3 is 2.44 bits per heavy atom. The Morgan fingerprint density at radius 1 is 0.852 bits per heavy atom. The normalized spacial score (nSPS) is 16.4. The molecule has 0 amide bonds. The molecule has 3 heteroatoms. The van der Waals surface area contributed by atoms with Crippen molar-refractivity contribution in [2.45, 2.75) is 31.8 Å². The van der Waals surface area contributed by atoms with Crippen LogP contribution in [0.3, 0.4) is 0 Å². The van der Waals surface area contributed by atoms with Gasteiger partial charge in [-0.25, -0.2) is 0 Å². The molecule has 1 atom stereocenters. The number of anilines is 1. The first-order valence-corrected chi connectivity index (χ1v) is 9.60. The monoisotopic (exact) mass is 354 g/mol. The molecule has 3 nitrogen and oxygen atoms in total. The van der Waals surface area contributed by atoms with Crippen LogP contribution in [0.25, 0.3) is 11.1 Å². The maximum atomic E-state index is 6.12. The summed E-state index contributed by atoms with van der Waals surface area (Å²) in [6, 6.07) is 28.6. The molecule has 5 rings (SSSR count). The molecule has 2 heterocycles. The van der Waals surface area contributed by atoms with Crippen LogP contribution in [0.1, 0.15) is 23.1 Å². The zero-order valence-corrected chi connectivity index (χ0v) is 15.2. The largest absolute Gasteiger partial charge is 0.423 e. The molecule has 3 aromatic carbocycles. The first-order chi connectivity index (χ1) is 13.4. The van der Waals surface area contributed by atoms with Gasteiger partial charge < -0.3 is 9.32 Å². The van der Waals surface area contributed by atoms with Crippen molar-refractivity contribution in [1.82, 2.24) is 4.98 Å². The zero-order valence-electron chi connectivity index (χ0n) is 15.2. The van der Waals surface area contributed by atoms with Gasteiger partial charge in [0.05, 0.1) is 0 Å². The third-order valence-electron chi connectivity index (χ3n) is 5.49. The van der Waals surface area contributed by atoms with Gasteiger partial charge in [-0.15, -0.1) is 0 Å². The molecule has 0 fully saturated rings. The van der Waals surface area contributed by atoms with Crippen molar-refractivity contribution < 1.29 is 4.42 Å². The second-order valence-corrected chi connectivity index (χ2v) is 7.24. The lowest BCUT2D eigenvalue weighted by atomic mass is 9.91. The van der Waals surface area contributed by atoms with Gasteiger partial charge in [-0.3, -0.25) is 0 Å². The molecule has 1 aliphatic rings. The molecule has 1 unspecified atom stereocenters. The number of hydrogen-bond acceptors (Lipinski definition) is 3. The Balaban J connectivity index is 1.47. The molecule has 4 aromatic rings. The van der Waals surface area contributed by atoms with Gasteiger partial charge in [0, 0.05) is 12.6 Å². The zero-order chi connectivity index (χ0) is 18.1. The third kappa shape index (κ3) is 3.21. The maximum absolute atomic E-state index is 6.12. The fourth-order valence-corrected chi connectivity index (χ4v) is 4.03. The maximum Gasteiger partial charge on any atom is 0.298 e. The van der Waals surface area contributed by atoms with Gasteiger partial charge in [0.15, 0.2) is 5.58 Å². The molecule has 1 aliphatic heterocycles. The fraction of sp³-hybridized carbons (Fsp3) is 0.208. The Morgan fingerprint density at radius 2 is 1.59 bits per heavy atom. The summed E-state index contributed by atoms with van der Waals surface area (Å²) >= 11 is 0. The van der Waals surface area contributed by atoms with E-state index in [0.717, 1.165) is 42.9 Å². The lowest BCUT2D eigenvalue weighted by Gasteiger charge is -2.36. The average Bonchev–Trinajstić information content (AvgIpc) is 3.16. The van der Waals surface area contributed by atoms with Crippen molar-refractivity contribution in [1.29, 1.82) is 0 Å². The lowest BCUT2D eigenvalue weighted by Crippen LogP contribution is -2.41. The van der Waals surface area contributed by atoms with E-state index in [2.05, 4.69) is 59.5 Å². The summed E-state index contributed by atoms with van der Waals surface area (Å²) in [5, 5.41) is 0. The fourth-order valence-electron chi connectivity index (χ4n) is 4.03. The van der Waals surface area contributed by atoms with E-state index in [1.165, 1.54) is 16.7 Å². The van der Waals surface area contributed by atoms with Crippen molar-refractivity contribution in [3.63, 3.8) is 0 Å². The molecule has 0 bridgehead atoms. The van der Waals surface area contributed by atoms with E-state index < -0.39 is 0 Å². The highest BCUT2D eigenvalue weighted by molar-refractivity contribution is 5.74. The van der Waals surface area contributed by atoms with E-state index in [1.54, 1.807) is 0 Å². The van der Waals surface area contributed by atoms with Crippen LogP contribution in [0.5, 0.6) is 0 Å². The summed E-state index contributed by atoms with van der Waals surface area (Å²) in [7, 11) is 0. The van der Waals surface area contributed by atoms with Crippen LogP contribution in [0.15, 0.2) is 83.3 Å². The van der Waals surface area contributed by atoms with Crippen LogP contribution in [0.2, 0.25) is 0 Å². The van der Waals surface area contributed by atoms with Gasteiger partial charge in [0.2, 0.25) is 0 Å². The Bertz CT molecular complexity index is 1020. The number of hydrogen-bond donors (Lipinski definition) is 0. The van der Waals surface area contributed by atoms with E-state index in [9.17, 15) is 0 Å². The number of nitrogens with zero attached hydrogens (tertiary/aromatic N) is 2. The van der Waals surface area contributed by atoms with Crippen LogP contribution in [-0.2, 0) is 19.4 Å². The molecule has 134 valence electrons. The van der Waals surface area contributed by atoms with Gasteiger partial charge in [0.25, 0.3) is 6.01 Å². The second kappa shape index (κ2) is 6.92. The van der Waals surface area contributed by atoms with Crippen LogP contribution in [0.4, 0.5) is 6.01 Å². The minimum atomic E-state index is 0.383. The minimum absolute atomic E-state index is 0.383. The quantitative estimate of drug-likeness (QED) is 0.492. The smallest absolute Gasteiger partial charge is 0.298 e. The minimum Gasteiger partial charge on any atom is -0.423 e. The predicted octanol–water partition coefficient (Wildman–Crippen LogP) is 5.39. The second-order valence-electron chi connectivity index (χ2n) is 7.24. The Hall–Kier alpha value is -3.07. The standard InChI is InChI=1S/C24H22N2O/c1-2-8-18(9-3-1)14-15-21-16-19-10-4-5-11-20(19)17-26(21)24-25-22-12-6-7-13-23(22)27-24/h1-13,21H,14-17H2. The molecule has 0 radical (unpaired) electrons. The molecule has 0 N–H and O–H groups in total. The van der Waals surface area contributed by atoms with E-state index >= 15 is 0 Å². The molecule has 0 spiro atoms. The van der Waals surface area contributed by atoms with Crippen molar-refractivity contribution in [3.8, 4) is 0 Å². The number of benzene rings is 3. The van der Waals surface area contributed by atoms with Crippen molar-refractivity contribution in [2.75, 3.05) is 4.90 Å². The van der Waals surface area contributed by atoms with Crippen molar-refractivity contribution in [2.24, 2.45) is 0 Å². The molecular formula is C24H22N2O. The first-order valence-electron chi connectivity index (χ1n) is 9.60. The third-order valence-corrected chi connectivity index (χ3v) is 5.49. The topological polar surface area (TPSA) is 29.3 Å². The van der Waals surface area contributed by atoms with E-state index in [4.69, 9.17) is 9.40 Å². The van der Waals surface area contributed by atoms with Gasteiger partial charge in [-0.2, -0.15) is 4.98 Å². The highest BCUT2D eigenvalue weighted by Gasteiger charge is 2.29. The van der Waals surface area contributed by atoms with Crippen molar-refractivity contribution in [3.05, 3.63) is 95.6 Å².